The van der Waals surface area contributed by atoms with Crippen LogP contribution in [0.25, 0.3) is 0 Å². The average molecular weight is 387 g/mol. The van der Waals surface area contributed by atoms with Crippen molar-refractivity contribution in [3.8, 4) is 0 Å². The minimum atomic E-state index is -0.704. The highest BCUT2D eigenvalue weighted by atomic mass is 16.6. The number of nitrogens with zero attached hydrogens (tertiary/aromatic N) is 1. The van der Waals surface area contributed by atoms with Crippen LogP contribution in [-0.2, 0) is 19.1 Å². The topological polar surface area (TPSA) is 72.9 Å². The summed E-state index contributed by atoms with van der Waals surface area (Å²) < 4.78 is 10.6. The highest BCUT2D eigenvalue weighted by Crippen LogP contribution is 2.33. The SMILES string of the molecule is C=CC[C@H](C)[C@@H](CC(=O)OC(C)(C)C)C(=O)N1C(=O)OC[C@H]1c1ccccc1. The second-order valence-electron chi connectivity index (χ2n) is 8.11. The predicted octanol–water partition coefficient (Wildman–Crippen LogP) is 4.27. The van der Waals surface area contributed by atoms with Gasteiger partial charge in [0.15, 0.2) is 0 Å². The molecule has 1 aromatic rings. The number of allylic oxidation sites excluding steroid dienone is 1. The zero-order chi connectivity index (χ0) is 20.9. The Balaban J connectivity index is 2.27. The van der Waals surface area contributed by atoms with Gasteiger partial charge < -0.3 is 9.47 Å². The lowest BCUT2D eigenvalue weighted by atomic mass is 9.86. The summed E-state index contributed by atoms with van der Waals surface area (Å²) in [6.07, 6.45) is 1.46. The minimum absolute atomic E-state index is 0.101. The van der Waals surface area contributed by atoms with Crippen molar-refractivity contribution in [2.75, 3.05) is 6.61 Å². The average Bonchev–Trinajstić information content (AvgIpc) is 3.00. The molecule has 3 atom stereocenters. The van der Waals surface area contributed by atoms with Crippen molar-refractivity contribution in [2.45, 2.75) is 52.2 Å². The van der Waals surface area contributed by atoms with Crippen molar-refractivity contribution in [1.82, 2.24) is 4.90 Å². The van der Waals surface area contributed by atoms with Crippen LogP contribution in [0.15, 0.2) is 43.0 Å². The molecule has 0 bridgehead atoms. The predicted molar refractivity (Wildman–Crippen MR) is 105 cm³/mol. The first-order valence-corrected chi connectivity index (χ1v) is 9.51. The monoisotopic (exact) mass is 387 g/mol. The van der Waals surface area contributed by atoms with Gasteiger partial charge in [-0.3, -0.25) is 9.59 Å². The number of rotatable bonds is 7. The molecule has 0 aliphatic carbocycles. The second-order valence-corrected chi connectivity index (χ2v) is 8.11. The summed E-state index contributed by atoms with van der Waals surface area (Å²) in [5.74, 6) is -1.77. The molecule has 152 valence electrons. The number of amides is 2. The third-order valence-electron chi connectivity index (χ3n) is 4.64. The van der Waals surface area contributed by atoms with Crippen LogP contribution < -0.4 is 0 Å². The maximum absolute atomic E-state index is 13.3. The first-order chi connectivity index (χ1) is 13.1. The van der Waals surface area contributed by atoms with Gasteiger partial charge in [0.05, 0.1) is 12.3 Å². The number of cyclic esters (lactones) is 1. The Morgan fingerprint density at radius 3 is 2.54 bits per heavy atom. The van der Waals surface area contributed by atoms with Crippen LogP contribution in [0.5, 0.6) is 0 Å². The van der Waals surface area contributed by atoms with Crippen molar-refractivity contribution in [3.63, 3.8) is 0 Å². The molecule has 28 heavy (non-hydrogen) atoms. The molecule has 0 saturated carbocycles. The van der Waals surface area contributed by atoms with Gasteiger partial charge in [-0.05, 0) is 38.7 Å². The fourth-order valence-corrected chi connectivity index (χ4v) is 3.29. The van der Waals surface area contributed by atoms with Crippen LogP contribution >= 0.6 is 0 Å². The van der Waals surface area contributed by atoms with Crippen LogP contribution in [-0.4, -0.2) is 35.1 Å². The van der Waals surface area contributed by atoms with Gasteiger partial charge in [-0.25, -0.2) is 9.69 Å². The number of hydrogen-bond donors (Lipinski definition) is 0. The Kier molecular flexibility index (Phi) is 7.00. The largest absolute Gasteiger partial charge is 0.460 e. The van der Waals surface area contributed by atoms with Gasteiger partial charge >= 0.3 is 12.1 Å². The lowest BCUT2D eigenvalue weighted by molar-refractivity contribution is -0.159. The molecular weight excluding hydrogens is 358 g/mol. The summed E-state index contributed by atoms with van der Waals surface area (Å²) in [7, 11) is 0. The standard InChI is InChI=1S/C22H29NO5/c1-6-10-15(2)17(13-19(24)28-22(3,4)5)20(25)23-18(14-27-21(23)26)16-11-8-7-9-12-16/h6-9,11-12,15,17-18H,1,10,13-14H2,2-5H3/t15-,17+,18-/m0/s1. The Labute approximate surface area is 166 Å². The van der Waals surface area contributed by atoms with E-state index in [1.807, 2.05) is 37.3 Å². The third kappa shape index (κ3) is 5.44. The fraction of sp³-hybridized carbons (Fsp3) is 0.500. The van der Waals surface area contributed by atoms with Crippen LogP contribution in [0.2, 0.25) is 0 Å². The molecule has 6 heteroatoms. The highest BCUT2D eigenvalue weighted by Gasteiger charge is 2.43. The smallest absolute Gasteiger partial charge is 0.417 e. The first-order valence-electron chi connectivity index (χ1n) is 9.51. The Bertz CT molecular complexity index is 722. The molecule has 0 spiro atoms. The van der Waals surface area contributed by atoms with E-state index in [2.05, 4.69) is 6.58 Å². The molecule has 1 fully saturated rings. The number of esters is 1. The quantitative estimate of drug-likeness (QED) is 0.516. The van der Waals surface area contributed by atoms with E-state index in [9.17, 15) is 14.4 Å². The van der Waals surface area contributed by atoms with Crippen LogP contribution in [0.3, 0.4) is 0 Å². The van der Waals surface area contributed by atoms with E-state index in [0.29, 0.717) is 6.42 Å². The van der Waals surface area contributed by atoms with Gasteiger partial charge in [-0.2, -0.15) is 0 Å². The zero-order valence-electron chi connectivity index (χ0n) is 17.0. The molecule has 1 heterocycles. The molecule has 0 radical (unpaired) electrons. The molecular formula is C22H29NO5. The lowest BCUT2D eigenvalue weighted by Crippen LogP contribution is -2.42. The minimum Gasteiger partial charge on any atom is -0.460 e. The number of hydrogen-bond acceptors (Lipinski definition) is 5. The summed E-state index contributed by atoms with van der Waals surface area (Å²) in [4.78, 5) is 39.2. The number of carbonyl (C=O) groups excluding carboxylic acids is 3. The summed E-state index contributed by atoms with van der Waals surface area (Å²) in [5.41, 5.74) is 0.167. The second kappa shape index (κ2) is 9.04. The van der Waals surface area contributed by atoms with Gasteiger partial charge in [0.1, 0.15) is 18.2 Å². The van der Waals surface area contributed by atoms with Crippen molar-refractivity contribution < 1.29 is 23.9 Å². The maximum Gasteiger partial charge on any atom is 0.417 e. The van der Waals surface area contributed by atoms with Crippen molar-refractivity contribution in [3.05, 3.63) is 48.6 Å². The van der Waals surface area contributed by atoms with Crippen LogP contribution in [0.1, 0.15) is 52.1 Å². The molecule has 1 aromatic carbocycles. The van der Waals surface area contributed by atoms with E-state index < -0.39 is 35.5 Å². The van der Waals surface area contributed by atoms with Gasteiger partial charge in [-0.15, -0.1) is 6.58 Å². The molecule has 6 nitrogen and oxygen atoms in total. The van der Waals surface area contributed by atoms with Crippen LogP contribution in [0, 0.1) is 11.8 Å². The Morgan fingerprint density at radius 1 is 1.32 bits per heavy atom. The Hall–Kier alpha value is -2.63. The molecule has 0 unspecified atom stereocenters. The van der Waals surface area contributed by atoms with Crippen molar-refractivity contribution in [1.29, 1.82) is 0 Å². The van der Waals surface area contributed by atoms with E-state index >= 15 is 0 Å². The highest BCUT2D eigenvalue weighted by molar-refractivity contribution is 5.96. The molecule has 1 aliphatic heterocycles. The molecule has 1 saturated heterocycles. The number of benzene rings is 1. The van der Waals surface area contributed by atoms with E-state index in [4.69, 9.17) is 9.47 Å². The van der Waals surface area contributed by atoms with Crippen LogP contribution in [0.4, 0.5) is 4.79 Å². The van der Waals surface area contributed by atoms with Gasteiger partial charge in [0.25, 0.3) is 0 Å². The normalized spacial score (nSPS) is 18.9. The van der Waals surface area contributed by atoms with Crippen molar-refractivity contribution in [2.24, 2.45) is 11.8 Å². The van der Waals surface area contributed by atoms with E-state index in [1.54, 1.807) is 26.8 Å². The van der Waals surface area contributed by atoms with E-state index in [-0.39, 0.29) is 18.9 Å². The molecule has 0 aromatic heterocycles. The van der Waals surface area contributed by atoms with E-state index in [1.165, 1.54) is 0 Å². The summed E-state index contributed by atoms with van der Waals surface area (Å²) in [5, 5.41) is 0. The van der Waals surface area contributed by atoms with Gasteiger partial charge in [0.2, 0.25) is 5.91 Å². The number of ether oxygens (including phenoxy) is 2. The fourth-order valence-electron chi connectivity index (χ4n) is 3.29. The summed E-state index contributed by atoms with van der Waals surface area (Å²) in [6, 6.07) is 8.76. The molecule has 2 rings (SSSR count). The summed E-state index contributed by atoms with van der Waals surface area (Å²) >= 11 is 0. The van der Waals surface area contributed by atoms with Gasteiger partial charge in [-0.1, -0.05) is 43.3 Å². The molecule has 0 N–H and O–H groups in total. The Morgan fingerprint density at radius 2 is 1.96 bits per heavy atom. The lowest BCUT2D eigenvalue weighted by Gasteiger charge is -2.29. The van der Waals surface area contributed by atoms with Gasteiger partial charge in [0, 0.05) is 0 Å². The first kappa shape index (κ1) is 21.7. The third-order valence-corrected chi connectivity index (χ3v) is 4.64. The molecule has 2 amide bonds. The summed E-state index contributed by atoms with van der Waals surface area (Å²) in [6.45, 7) is 11.0. The number of imide groups is 1. The van der Waals surface area contributed by atoms with Crippen molar-refractivity contribution >= 4 is 18.0 Å². The maximum atomic E-state index is 13.3. The zero-order valence-corrected chi connectivity index (χ0v) is 17.0. The number of carbonyl (C=O) groups is 3. The van der Waals surface area contributed by atoms with E-state index in [0.717, 1.165) is 10.5 Å². The molecule has 1 aliphatic rings.